The number of sulfonamides is 1. The largest absolute Gasteiger partial charge is 0.495 e. The maximum absolute atomic E-state index is 13.3. The van der Waals surface area contributed by atoms with Crippen LogP contribution in [0.15, 0.2) is 72.8 Å². The van der Waals surface area contributed by atoms with Crippen molar-refractivity contribution in [2.24, 2.45) is 0 Å². The van der Waals surface area contributed by atoms with Crippen LogP contribution in [0.2, 0.25) is 0 Å². The van der Waals surface area contributed by atoms with E-state index in [0.29, 0.717) is 22.8 Å². The predicted molar refractivity (Wildman–Crippen MR) is 124 cm³/mol. The third-order valence-electron chi connectivity index (χ3n) is 4.48. The molecule has 0 bridgehead atoms. The Labute approximate surface area is 182 Å². The van der Waals surface area contributed by atoms with Gasteiger partial charge in [-0.2, -0.15) is 0 Å². The zero-order valence-electron chi connectivity index (χ0n) is 17.5. The third-order valence-corrected chi connectivity index (χ3v) is 5.09. The highest BCUT2D eigenvalue weighted by Crippen LogP contribution is 2.28. The summed E-state index contributed by atoms with van der Waals surface area (Å²) in [5.41, 5.74) is 3.31. The normalized spacial score (nSPS) is 12.0. The number of aryl methyl sites for hydroxylation is 1. The zero-order valence-corrected chi connectivity index (χ0v) is 18.4. The van der Waals surface area contributed by atoms with Gasteiger partial charge in [0, 0.05) is 5.69 Å². The number of carbonyl (C=O) groups is 1. The zero-order chi connectivity index (χ0) is 22.4. The van der Waals surface area contributed by atoms with Crippen molar-refractivity contribution in [1.29, 1.82) is 0 Å². The van der Waals surface area contributed by atoms with E-state index in [0.717, 1.165) is 17.4 Å². The number of rotatable bonds is 8. The van der Waals surface area contributed by atoms with Crippen LogP contribution in [0.25, 0.3) is 0 Å². The SMILES string of the molecule is COc1ccc(C)cc1NC(=O)C(Nc1cccc(NS(C)(=O)=O)c1)c1ccccc1. The molecule has 3 aromatic rings. The molecule has 0 heterocycles. The van der Waals surface area contributed by atoms with Gasteiger partial charge in [0.1, 0.15) is 11.8 Å². The van der Waals surface area contributed by atoms with Crippen molar-refractivity contribution in [3.63, 3.8) is 0 Å². The molecule has 7 nitrogen and oxygen atoms in total. The number of nitrogens with one attached hydrogen (secondary N) is 3. The molecule has 3 rings (SSSR count). The first-order valence-corrected chi connectivity index (χ1v) is 11.5. The van der Waals surface area contributed by atoms with Crippen LogP contribution in [-0.4, -0.2) is 27.7 Å². The van der Waals surface area contributed by atoms with Gasteiger partial charge in [-0.05, 0) is 48.4 Å². The minimum Gasteiger partial charge on any atom is -0.495 e. The highest BCUT2D eigenvalue weighted by atomic mass is 32.2. The van der Waals surface area contributed by atoms with Crippen molar-refractivity contribution in [1.82, 2.24) is 0 Å². The van der Waals surface area contributed by atoms with Crippen molar-refractivity contribution in [2.75, 3.05) is 28.7 Å². The summed E-state index contributed by atoms with van der Waals surface area (Å²) < 4.78 is 30.9. The van der Waals surface area contributed by atoms with Crippen LogP contribution in [0.5, 0.6) is 5.75 Å². The Bertz CT molecular complexity index is 1160. The second-order valence-corrected chi connectivity index (χ2v) is 8.88. The summed E-state index contributed by atoms with van der Waals surface area (Å²) in [7, 11) is -1.87. The van der Waals surface area contributed by atoms with E-state index >= 15 is 0 Å². The van der Waals surface area contributed by atoms with Crippen LogP contribution in [0, 0.1) is 6.92 Å². The van der Waals surface area contributed by atoms with Crippen LogP contribution in [0.4, 0.5) is 17.1 Å². The van der Waals surface area contributed by atoms with Crippen molar-refractivity contribution in [3.05, 3.63) is 83.9 Å². The van der Waals surface area contributed by atoms with E-state index in [1.54, 1.807) is 37.4 Å². The van der Waals surface area contributed by atoms with E-state index in [1.807, 2.05) is 49.4 Å². The van der Waals surface area contributed by atoms with E-state index in [4.69, 9.17) is 4.74 Å². The summed E-state index contributed by atoms with van der Waals surface area (Å²) in [6.07, 6.45) is 1.09. The van der Waals surface area contributed by atoms with Gasteiger partial charge in [0.25, 0.3) is 5.91 Å². The molecule has 31 heavy (non-hydrogen) atoms. The molecule has 0 radical (unpaired) electrons. The van der Waals surface area contributed by atoms with Gasteiger partial charge >= 0.3 is 0 Å². The lowest BCUT2D eigenvalue weighted by Gasteiger charge is -2.21. The first-order chi connectivity index (χ1) is 14.7. The first kappa shape index (κ1) is 22.2. The molecule has 0 aliphatic rings. The average Bonchev–Trinajstić information content (AvgIpc) is 2.72. The Hall–Kier alpha value is -3.52. The average molecular weight is 440 g/mol. The highest BCUT2D eigenvalue weighted by Gasteiger charge is 2.22. The molecule has 0 aliphatic heterocycles. The topological polar surface area (TPSA) is 96.5 Å². The van der Waals surface area contributed by atoms with Crippen LogP contribution < -0.4 is 20.1 Å². The molecule has 0 aromatic heterocycles. The summed E-state index contributed by atoms with van der Waals surface area (Å²) in [6.45, 7) is 1.93. The Morgan fingerprint density at radius 2 is 1.65 bits per heavy atom. The molecule has 0 fully saturated rings. The van der Waals surface area contributed by atoms with Gasteiger partial charge in [-0.1, -0.05) is 42.5 Å². The highest BCUT2D eigenvalue weighted by molar-refractivity contribution is 7.92. The van der Waals surface area contributed by atoms with Crippen LogP contribution >= 0.6 is 0 Å². The fraction of sp³-hybridized carbons (Fsp3) is 0.174. The number of hydrogen-bond donors (Lipinski definition) is 3. The lowest BCUT2D eigenvalue weighted by molar-refractivity contribution is -0.117. The fourth-order valence-corrected chi connectivity index (χ4v) is 3.68. The van der Waals surface area contributed by atoms with Gasteiger partial charge in [0.2, 0.25) is 10.0 Å². The van der Waals surface area contributed by atoms with Crippen molar-refractivity contribution >= 4 is 33.0 Å². The molecule has 1 unspecified atom stereocenters. The molecule has 1 amide bonds. The Morgan fingerprint density at radius 3 is 2.32 bits per heavy atom. The Balaban J connectivity index is 1.91. The molecule has 3 N–H and O–H groups in total. The molecule has 0 aliphatic carbocycles. The number of amides is 1. The van der Waals surface area contributed by atoms with Gasteiger partial charge < -0.3 is 15.4 Å². The van der Waals surface area contributed by atoms with Gasteiger partial charge in [0.15, 0.2) is 0 Å². The number of ether oxygens (including phenoxy) is 1. The molecule has 3 aromatic carbocycles. The summed E-state index contributed by atoms with van der Waals surface area (Å²) in [4.78, 5) is 13.3. The third kappa shape index (κ3) is 6.23. The lowest BCUT2D eigenvalue weighted by Crippen LogP contribution is -2.27. The lowest BCUT2D eigenvalue weighted by atomic mass is 10.1. The molecule has 162 valence electrons. The van der Waals surface area contributed by atoms with Gasteiger partial charge in [-0.15, -0.1) is 0 Å². The molecular weight excluding hydrogens is 414 g/mol. The van der Waals surface area contributed by atoms with Crippen molar-refractivity contribution in [2.45, 2.75) is 13.0 Å². The van der Waals surface area contributed by atoms with Gasteiger partial charge in [0.05, 0.1) is 24.7 Å². The molecular formula is C23H25N3O4S. The smallest absolute Gasteiger partial charge is 0.251 e. The maximum Gasteiger partial charge on any atom is 0.251 e. The summed E-state index contributed by atoms with van der Waals surface area (Å²) in [5.74, 6) is 0.279. The summed E-state index contributed by atoms with van der Waals surface area (Å²) in [6, 6.07) is 20.9. The number of carbonyl (C=O) groups excluding carboxylic acids is 1. The number of anilines is 3. The summed E-state index contributed by atoms with van der Waals surface area (Å²) in [5, 5.41) is 6.14. The minimum atomic E-state index is -3.41. The van der Waals surface area contributed by atoms with Crippen LogP contribution in [-0.2, 0) is 14.8 Å². The van der Waals surface area contributed by atoms with E-state index in [2.05, 4.69) is 15.4 Å². The molecule has 0 saturated carbocycles. The minimum absolute atomic E-state index is 0.281. The monoisotopic (exact) mass is 439 g/mol. The van der Waals surface area contributed by atoms with Gasteiger partial charge in [-0.25, -0.2) is 8.42 Å². The number of hydrogen-bond acceptors (Lipinski definition) is 5. The Kier molecular flexibility index (Phi) is 6.81. The molecule has 1 atom stereocenters. The van der Waals surface area contributed by atoms with Crippen molar-refractivity contribution in [3.8, 4) is 5.75 Å². The van der Waals surface area contributed by atoms with Crippen molar-refractivity contribution < 1.29 is 17.9 Å². The van der Waals surface area contributed by atoms with E-state index < -0.39 is 16.1 Å². The predicted octanol–water partition coefficient (Wildman–Crippen LogP) is 4.17. The van der Waals surface area contributed by atoms with Crippen LogP contribution in [0.1, 0.15) is 17.2 Å². The number of benzene rings is 3. The standard InChI is InChI=1S/C23H25N3O4S/c1-16-12-13-21(30-2)20(14-16)25-23(27)22(17-8-5-4-6-9-17)24-18-10-7-11-19(15-18)26-31(3,28)29/h4-15,22,24,26H,1-3H3,(H,25,27). The molecule has 0 saturated heterocycles. The van der Waals surface area contributed by atoms with E-state index in [-0.39, 0.29) is 5.91 Å². The summed E-state index contributed by atoms with van der Waals surface area (Å²) >= 11 is 0. The fourth-order valence-electron chi connectivity index (χ4n) is 3.12. The maximum atomic E-state index is 13.3. The first-order valence-electron chi connectivity index (χ1n) is 9.60. The Morgan fingerprint density at radius 1 is 0.935 bits per heavy atom. The molecule has 8 heteroatoms. The van der Waals surface area contributed by atoms with Gasteiger partial charge in [-0.3, -0.25) is 9.52 Å². The second kappa shape index (κ2) is 9.53. The number of methoxy groups -OCH3 is 1. The van der Waals surface area contributed by atoms with E-state index in [1.165, 1.54) is 0 Å². The second-order valence-electron chi connectivity index (χ2n) is 7.14. The van der Waals surface area contributed by atoms with E-state index in [9.17, 15) is 13.2 Å². The molecule has 0 spiro atoms. The van der Waals surface area contributed by atoms with Crippen LogP contribution in [0.3, 0.4) is 0 Å². The quantitative estimate of drug-likeness (QED) is 0.490.